The first-order chi connectivity index (χ1) is 7.30. The number of nitrogens with one attached hydrogen (secondary N) is 1. The Morgan fingerprint density at radius 2 is 1.94 bits per heavy atom. The molecule has 0 atom stereocenters. The van der Waals surface area contributed by atoms with E-state index in [1.807, 2.05) is 6.92 Å². The van der Waals surface area contributed by atoms with Crippen molar-refractivity contribution in [2.45, 2.75) is 31.9 Å². The highest BCUT2D eigenvalue weighted by Crippen LogP contribution is 2.38. The van der Waals surface area contributed by atoms with Crippen LogP contribution in [0.25, 0.3) is 0 Å². The van der Waals surface area contributed by atoms with Crippen molar-refractivity contribution in [3.63, 3.8) is 0 Å². The second-order valence-electron chi connectivity index (χ2n) is 3.44. The highest BCUT2D eigenvalue weighted by atomic mass is 19.4. The van der Waals surface area contributed by atoms with Gasteiger partial charge in [-0.3, -0.25) is 5.43 Å². The molecular formula is C8H12F5N3. The number of hydrazone groups is 1. The molecule has 0 spiro atoms. The summed E-state index contributed by atoms with van der Waals surface area (Å²) >= 11 is 0. The Morgan fingerprint density at radius 3 is 2.44 bits per heavy atom. The van der Waals surface area contributed by atoms with Crippen LogP contribution in [0.2, 0.25) is 0 Å². The summed E-state index contributed by atoms with van der Waals surface area (Å²) in [5.74, 6) is -6.14. The van der Waals surface area contributed by atoms with Gasteiger partial charge in [0.2, 0.25) is 5.84 Å². The van der Waals surface area contributed by atoms with Crippen LogP contribution in [0.5, 0.6) is 0 Å². The summed E-state index contributed by atoms with van der Waals surface area (Å²) in [4.78, 5) is 0.914. The van der Waals surface area contributed by atoms with E-state index in [0.29, 0.717) is 12.8 Å². The highest BCUT2D eigenvalue weighted by molar-refractivity contribution is 5.90. The van der Waals surface area contributed by atoms with E-state index in [2.05, 4.69) is 10.5 Å². The quantitative estimate of drug-likeness (QED) is 0.768. The third-order valence-corrected chi connectivity index (χ3v) is 2.16. The fourth-order valence-electron chi connectivity index (χ4n) is 1.27. The van der Waals surface area contributed by atoms with Crippen molar-refractivity contribution < 1.29 is 22.0 Å². The van der Waals surface area contributed by atoms with Crippen molar-refractivity contribution >= 4 is 5.84 Å². The van der Waals surface area contributed by atoms with Crippen LogP contribution in [0.1, 0.15) is 19.8 Å². The molecule has 16 heavy (non-hydrogen) atoms. The number of hydrogen-bond acceptors (Lipinski definition) is 3. The van der Waals surface area contributed by atoms with Gasteiger partial charge in [-0.25, -0.2) is 0 Å². The van der Waals surface area contributed by atoms with Gasteiger partial charge >= 0.3 is 12.1 Å². The molecule has 0 aromatic heterocycles. The largest absolute Gasteiger partial charge is 0.461 e. The van der Waals surface area contributed by atoms with E-state index in [-0.39, 0.29) is 13.2 Å². The van der Waals surface area contributed by atoms with Gasteiger partial charge in [0.25, 0.3) is 0 Å². The van der Waals surface area contributed by atoms with Gasteiger partial charge in [-0.05, 0) is 6.42 Å². The smallest absolute Gasteiger partial charge is 0.334 e. The standard InChI is InChI=1S/C8H12F5N3/c1-2-3-4-16-5-14-15-6(16)7(9,10)8(11,12)13/h14H,2-5H2,1H3. The molecule has 1 N–H and O–H groups in total. The first kappa shape index (κ1) is 13.0. The molecule has 0 unspecified atom stereocenters. The Balaban J connectivity index is 2.78. The monoisotopic (exact) mass is 245 g/mol. The first-order valence-electron chi connectivity index (χ1n) is 4.81. The van der Waals surface area contributed by atoms with Crippen molar-refractivity contribution in [2.75, 3.05) is 13.2 Å². The normalized spacial score (nSPS) is 17.4. The zero-order chi connectivity index (χ0) is 12.4. The van der Waals surface area contributed by atoms with Crippen LogP contribution in [-0.4, -0.2) is 36.0 Å². The Bertz CT molecular complexity index is 273. The lowest BCUT2D eigenvalue weighted by atomic mass is 10.2. The van der Waals surface area contributed by atoms with Crippen LogP contribution < -0.4 is 5.43 Å². The second-order valence-corrected chi connectivity index (χ2v) is 3.44. The number of halogens is 5. The summed E-state index contributed by atoms with van der Waals surface area (Å²) < 4.78 is 62.2. The molecule has 0 aromatic carbocycles. The molecule has 1 aliphatic heterocycles. The molecule has 1 heterocycles. The summed E-state index contributed by atoms with van der Waals surface area (Å²) in [5.41, 5.74) is 2.14. The van der Waals surface area contributed by atoms with Crippen LogP contribution in [0, 0.1) is 0 Å². The minimum atomic E-state index is -5.61. The molecule has 0 bridgehead atoms. The summed E-state index contributed by atoms with van der Waals surface area (Å²) in [7, 11) is 0. The van der Waals surface area contributed by atoms with Gasteiger partial charge in [0.15, 0.2) is 0 Å². The van der Waals surface area contributed by atoms with Gasteiger partial charge in [0, 0.05) is 6.54 Å². The van der Waals surface area contributed by atoms with Crippen molar-refractivity contribution in [1.82, 2.24) is 10.3 Å². The minimum absolute atomic E-state index is 0.110. The molecule has 0 aliphatic carbocycles. The lowest BCUT2D eigenvalue weighted by Gasteiger charge is -2.26. The van der Waals surface area contributed by atoms with Gasteiger partial charge < -0.3 is 4.90 Å². The van der Waals surface area contributed by atoms with Crippen molar-refractivity contribution in [3.8, 4) is 0 Å². The molecule has 1 rings (SSSR count). The third-order valence-electron chi connectivity index (χ3n) is 2.16. The summed E-state index contributed by atoms with van der Waals surface area (Å²) in [5, 5.41) is 3.03. The van der Waals surface area contributed by atoms with E-state index in [1.54, 1.807) is 0 Å². The van der Waals surface area contributed by atoms with Gasteiger partial charge in [0.05, 0.1) is 0 Å². The van der Waals surface area contributed by atoms with Crippen LogP contribution in [0.15, 0.2) is 5.10 Å². The van der Waals surface area contributed by atoms with E-state index >= 15 is 0 Å². The molecule has 0 saturated carbocycles. The minimum Gasteiger partial charge on any atom is -0.334 e. The first-order valence-corrected chi connectivity index (χ1v) is 4.81. The highest BCUT2D eigenvalue weighted by Gasteiger charge is 2.63. The van der Waals surface area contributed by atoms with Crippen molar-refractivity contribution in [3.05, 3.63) is 0 Å². The van der Waals surface area contributed by atoms with E-state index < -0.39 is 17.9 Å². The second kappa shape index (κ2) is 4.42. The summed E-state index contributed by atoms with van der Waals surface area (Å²) in [6.07, 6.45) is -4.36. The zero-order valence-electron chi connectivity index (χ0n) is 8.61. The fraction of sp³-hybridized carbons (Fsp3) is 0.875. The Hall–Kier alpha value is -1.08. The van der Waals surface area contributed by atoms with Crippen LogP contribution in [-0.2, 0) is 0 Å². The van der Waals surface area contributed by atoms with Crippen molar-refractivity contribution in [2.24, 2.45) is 5.10 Å². The SMILES string of the molecule is CCCCN1CNN=C1C(F)(F)C(F)(F)F. The van der Waals surface area contributed by atoms with Gasteiger partial charge in [-0.15, -0.1) is 0 Å². The number of unbranched alkanes of at least 4 members (excludes halogenated alkanes) is 1. The molecule has 0 amide bonds. The zero-order valence-corrected chi connectivity index (χ0v) is 8.61. The van der Waals surface area contributed by atoms with E-state index in [0.717, 1.165) is 4.90 Å². The average molecular weight is 245 g/mol. The molecule has 0 aromatic rings. The number of hydrogen-bond donors (Lipinski definition) is 1. The lowest BCUT2D eigenvalue weighted by Crippen LogP contribution is -2.50. The molecule has 0 fully saturated rings. The fourth-order valence-corrected chi connectivity index (χ4v) is 1.27. The molecule has 8 heteroatoms. The molecular weight excluding hydrogens is 233 g/mol. The number of alkyl halides is 5. The van der Waals surface area contributed by atoms with Gasteiger partial charge in [0.1, 0.15) is 6.67 Å². The Labute approximate surface area is 89.3 Å². The van der Waals surface area contributed by atoms with E-state index in [1.165, 1.54) is 0 Å². The maximum atomic E-state index is 13.0. The molecule has 94 valence electrons. The number of rotatable bonds is 4. The average Bonchev–Trinajstić information content (AvgIpc) is 2.61. The van der Waals surface area contributed by atoms with Crippen molar-refractivity contribution in [1.29, 1.82) is 0 Å². The van der Waals surface area contributed by atoms with Crippen LogP contribution >= 0.6 is 0 Å². The van der Waals surface area contributed by atoms with Crippen LogP contribution in [0.4, 0.5) is 22.0 Å². The molecule has 0 saturated heterocycles. The lowest BCUT2D eigenvalue weighted by molar-refractivity contribution is -0.252. The van der Waals surface area contributed by atoms with E-state index in [9.17, 15) is 22.0 Å². The van der Waals surface area contributed by atoms with Gasteiger partial charge in [-0.1, -0.05) is 13.3 Å². The number of nitrogens with zero attached hydrogens (tertiary/aromatic N) is 2. The van der Waals surface area contributed by atoms with Gasteiger partial charge in [-0.2, -0.15) is 27.1 Å². The third kappa shape index (κ3) is 2.35. The molecule has 3 nitrogen and oxygen atoms in total. The molecule has 0 radical (unpaired) electrons. The topological polar surface area (TPSA) is 27.6 Å². The summed E-state index contributed by atoms with van der Waals surface area (Å²) in [6.45, 7) is 1.84. The Kier molecular flexibility index (Phi) is 3.59. The Morgan fingerprint density at radius 1 is 1.31 bits per heavy atom. The summed E-state index contributed by atoms with van der Waals surface area (Å²) in [6, 6.07) is 0. The maximum absolute atomic E-state index is 13.0. The number of amidine groups is 1. The van der Waals surface area contributed by atoms with Crippen LogP contribution in [0.3, 0.4) is 0 Å². The predicted octanol–water partition coefficient (Wildman–Crippen LogP) is 2.16. The van der Waals surface area contributed by atoms with E-state index in [4.69, 9.17) is 0 Å². The molecule has 1 aliphatic rings. The predicted molar refractivity (Wildman–Crippen MR) is 48.1 cm³/mol. The maximum Gasteiger partial charge on any atom is 0.461 e.